The molecule has 2 heterocycles. The summed E-state index contributed by atoms with van der Waals surface area (Å²) in [6, 6.07) is 1.86. The number of allylic oxidation sites excluding steroid dienone is 1. The highest BCUT2D eigenvalue weighted by Crippen LogP contribution is 2.36. The van der Waals surface area contributed by atoms with Crippen molar-refractivity contribution in [3.05, 3.63) is 34.7 Å². The number of nitrogens with zero attached hydrogens (tertiary/aromatic N) is 2. The first-order valence-corrected chi connectivity index (χ1v) is 8.60. The number of carbonyl (C=O) groups excluding carboxylic acids is 1. The molecule has 0 saturated carbocycles. The highest BCUT2D eigenvalue weighted by atomic mass is 16.5. The lowest BCUT2D eigenvalue weighted by Gasteiger charge is -2.41. The Kier molecular flexibility index (Phi) is 4.68. The van der Waals surface area contributed by atoms with Crippen molar-refractivity contribution >= 4 is 11.5 Å². The Bertz CT molecular complexity index is 766. The first-order chi connectivity index (χ1) is 11.9. The summed E-state index contributed by atoms with van der Waals surface area (Å²) >= 11 is 0. The third-order valence-electron chi connectivity index (χ3n) is 5.33. The van der Waals surface area contributed by atoms with E-state index in [1.807, 2.05) is 6.07 Å². The molecule has 5 heteroatoms. The fourth-order valence-electron chi connectivity index (χ4n) is 3.50. The van der Waals surface area contributed by atoms with Crippen molar-refractivity contribution in [1.29, 1.82) is 0 Å². The van der Waals surface area contributed by atoms with Gasteiger partial charge in [0.1, 0.15) is 0 Å². The second-order valence-corrected chi connectivity index (χ2v) is 7.05. The number of ether oxygens (including phenoxy) is 1. The van der Waals surface area contributed by atoms with Gasteiger partial charge in [-0.25, -0.2) is 0 Å². The largest absolute Gasteiger partial charge is 0.387 e. The molecule has 1 fully saturated rings. The highest BCUT2D eigenvalue weighted by Gasteiger charge is 2.35. The molecule has 1 aliphatic heterocycles. The van der Waals surface area contributed by atoms with Gasteiger partial charge in [-0.2, -0.15) is 0 Å². The third kappa shape index (κ3) is 3.20. The number of pyridine rings is 1. The first-order valence-electron chi connectivity index (χ1n) is 8.60. The normalized spacial score (nSPS) is 20.9. The summed E-state index contributed by atoms with van der Waals surface area (Å²) < 4.78 is 5.62. The SMILES string of the molecule is C#CC1=C(N2CCC(C)(OC)CC2)c2cc([C@H](C)O)ncc2CC1=O. The van der Waals surface area contributed by atoms with E-state index in [1.54, 1.807) is 20.2 Å². The predicted octanol–water partition coefficient (Wildman–Crippen LogP) is 2.11. The van der Waals surface area contributed by atoms with E-state index in [-0.39, 0.29) is 17.8 Å². The smallest absolute Gasteiger partial charge is 0.177 e. The number of methoxy groups -OCH3 is 1. The molecular formula is C20H24N2O3. The molecule has 0 amide bonds. The van der Waals surface area contributed by atoms with Crippen molar-refractivity contribution in [3.8, 4) is 12.3 Å². The topological polar surface area (TPSA) is 62.7 Å². The Hall–Kier alpha value is -2.16. The van der Waals surface area contributed by atoms with Crippen LogP contribution in [-0.4, -0.2) is 46.6 Å². The lowest BCUT2D eigenvalue weighted by molar-refractivity contribution is -0.114. The van der Waals surface area contributed by atoms with Crippen LogP contribution in [0.25, 0.3) is 5.70 Å². The van der Waals surface area contributed by atoms with Gasteiger partial charge < -0.3 is 14.7 Å². The van der Waals surface area contributed by atoms with Crippen LogP contribution >= 0.6 is 0 Å². The molecule has 2 aliphatic rings. The fourth-order valence-corrected chi connectivity index (χ4v) is 3.50. The molecule has 1 saturated heterocycles. The second-order valence-electron chi connectivity index (χ2n) is 7.05. The zero-order chi connectivity index (χ0) is 18.2. The molecule has 0 aromatic carbocycles. The van der Waals surface area contributed by atoms with Crippen molar-refractivity contribution in [2.75, 3.05) is 20.2 Å². The number of fused-ring (bicyclic) bond motifs is 1. The minimum Gasteiger partial charge on any atom is -0.387 e. The number of aliphatic hydroxyl groups is 1. The van der Waals surface area contributed by atoms with Gasteiger partial charge in [0, 0.05) is 38.4 Å². The standard InChI is InChI=1S/C20H24N2O3/c1-5-15-18(24)10-14-12-21-17(13(2)23)11-16(14)19(15)22-8-6-20(3,25-4)7-9-22/h1,11-13,23H,6-10H2,2-4H3/t13-/m0/s1. The van der Waals surface area contributed by atoms with Crippen molar-refractivity contribution < 1.29 is 14.6 Å². The minimum absolute atomic E-state index is 0.0447. The van der Waals surface area contributed by atoms with E-state index >= 15 is 0 Å². The van der Waals surface area contributed by atoms with Gasteiger partial charge >= 0.3 is 0 Å². The van der Waals surface area contributed by atoms with Crippen LogP contribution in [-0.2, 0) is 16.0 Å². The van der Waals surface area contributed by atoms with Crippen molar-refractivity contribution in [2.24, 2.45) is 0 Å². The predicted molar refractivity (Wildman–Crippen MR) is 95.6 cm³/mol. The Morgan fingerprint density at radius 2 is 2.12 bits per heavy atom. The summed E-state index contributed by atoms with van der Waals surface area (Å²) in [6.45, 7) is 5.32. The first kappa shape index (κ1) is 17.7. The van der Waals surface area contributed by atoms with E-state index in [0.29, 0.717) is 11.3 Å². The summed E-state index contributed by atoms with van der Waals surface area (Å²) in [4.78, 5) is 19.0. The van der Waals surface area contributed by atoms with Gasteiger partial charge in [-0.1, -0.05) is 5.92 Å². The van der Waals surface area contributed by atoms with Crippen LogP contribution in [0.4, 0.5) is 0 Å². The molecule has 1 aliphatic carbocycles. The number of ketones is 1. The van der Waals surface area contributed by atoms with Gasteiger partial charge in [-0.3, -0.25) is 9.78 Å². The fraction of sp³-hybridized carbons (Fsp3) is 0.500. The molecule has 0 radical (unpaired) electrons. The molecule has 1 atom stereocenters. The maximum atomic E-state index is 12.5. The van der Waals surface area contributed by atoms with Crippen LogP contribution in [0, 0.1) is 12.3 Å². The van der Waals surface area contributed by atoms with Gasteiger partial charge in [-0.05, 0) is 38.3 Å². The number of aromatic nitrogens is 1. The Morgan fingerprint density at radius 1 is 1.44 bits per heavy atom. The highest BCUT2D eigenvalue weighted by molar-refractivity contribution is 6.10. The minimum atomic E-state index is -0.670. The zero-order valence-corrected chi connectivity index (χ0v) is 15.0. The molecule has 1 N–H and O–H groups in total. The van der Waals surface area contributed by atoms with Crippen molar-refractivity contribution in [2.45, 2.75) is 44.8 Å². The number of hydrogen-bond acceptors (Lipinski definition) is 5. The second kappa shape index (κ2) is 6.62. The lowest BCUT2D eigenvalue weighted by atomic mass is 9.86. The Balaban J connectivity index is 2.05. The van der Waals surface area contributed by atoms with E-state index < -0.39 is 6.10 Å². The van der Waals surface area contributed by atoms with E-state index in [2.05, 4.69) is 22.7 Å². The van der Waals surface area contributed by atoms with Gasteiger partial charge in [0.25, 0.3) is 0 Å². The number of carbonyl (C=O) groups is 1. The van der Waals surface area contributed by atoms with Crippen molar-refractivity contribution in [3.63, 3.8) is 0 Å². The van der Waals surface area contributed by atoms with Gasteiger partial charge in [0.15, 0.2) is 5.78 Å². The molecule has 0 bridgehead atoms. The number of terminal acetylenes is 1. The summed E-state index contributed by atoms with van der Waals surface area (Å²) in [5, 5.41) is 9.88. The molecule has 0 spiro atoms. The summed E-state index contributed by atoms with van der Waals surface area (Å²) in [7, 11) is 1.74. The van der Waals surface area contributed by atoms with Crippen LogP contribution in [0.1, 0.15) is 49.6 Å². The van der Waals surface area contributed by atoms with E-state index in [0.717, 1.165) is 42.8 Å². The van der Waals surface area contributed by atoms with Gasteiger partial charge in [-0.15, -0.1) is 6.42 Å². The number of piperidine rings is 1. The molecular weight excluding hydrogens is 316 g/mol. The van der Waals surface area contributed by atoms with Gasteiger partial charge in [0.2, 0.25) is 0 Å². The van der Waals surface area contributed by atoms with E-state index in [9.17, 15) is 9.90 Å². The van der Waals surface area contributed by atoms with Crippen molar-refractivity contribution in [1.82, 2.24) is 9.88 Å². The summed E-state index contributed by atoms with van der Waals surface area (Å²) in [5.41, 5.74) is 3.45. The molecule has 25 heavy (non-hydrogen) atoms. The number of rotatable bonds is 3. The molecule has 1 aromatic heterocycles. The Labute approximate surface area is 148 Å². The quantitative estimate of drug-likeness (QED) is 0.854. The number of likely N-dealkylation sites (tertiary alicyclic amines) is 1. The van der Waals surface area contributed by atoms with E-state index in [1.165, 1.54) is 0 Å². The van der Waals surface area contributed by atoms with Gasteiger partial charge in [0.05, 0.1) is 28.7 Å². The molecule has 3 rings (SSSR count). The zero-order valence-electron chi connectivity index (χ0n) is 15.0. The van der Waals surface area contributed by atoms with Crippen LogP contribution in [0.5, 0.6) is 0 Å². The van der Waals surface area contributed by atoms with Crippen LogP contribution in [0.2, 0.25) is 0 Å². The maximum Gasteiger partial charge on any atom is 0.177 e. The maximum absolute atomic E-state index is 12.5. The van der Waals surface area contributed by atoms with Crippen LogP contribution < -0.4 is 0 Å². The number of aliphatic hydroxyl groups excluding tert-OH is 1. The Morgan fingerprint density at radius 3 is 2.68 bits per heavy atom. The van der Waals surface area contributed by atoms with Crippen LogP contribution in [0.3, 0.4) is 0 Å². The monoisotopic (exact) mass is 340 g/mol. The molecule has 1 aromatic rings. The number of Topliss-reactive ketones (excluding diaryl/α,β-unsaturated/α-hetero) is 1. The third-order valence-corrected chi connectivity index (χ3v) is 5.33. The average molecular weight is 340 g/mol. The molecule has 0 unspecified atom stereocenters. The molecule has 5 nitrogen and oxygen atoms in total. The van der Waals surface area contributed by atoms with E-state index in [4.69, 9.17) is 11.2 Å². The summed E-state index contributed by atoms with van der Waals surface area (Å²) in [6.07, 6.45) is 8.68. The number of hydrogen-bond donors (Lipinski definition) is 1. The van der Waals surface area contributed by atoms with Crippen LogP contribution in [0.15, 0.2) is 17.8 Å². The summed E-state index contributed by atoms with van der Waals surface area (Å²) in [5.74, 6) is 2.55. The molecule has 132 valence electrons. The lowest BCUT2D eigenvalue weighted by Crippen LogP contribution is -2.43. The average Bonchev–Trinajstić information content (AvgIpc) is 2.61.